The van der Waals surface area contributed by atoms with Crippen molar-refractivity contribution in [2.24, 2.45) is 0 Å². The van der Waals surface area contributed by atoms with Crippen LogP contribution in [0.2, 0.25) is 10.0 Å². The molecule has 1 amide bonds. The van der Waals surface area contributed by atoms with E-state index in [4.69, 9.17) is 23.2 Å². The highest BCUT2D eigenvalue weighted by atomic mass is 35.5. The van der Waals surface area contributed by atoms with Crippen molar-refractivity contribution >= 4 is 45.7 Å². The van der Waals surface area contributed by atoms with Crippen LogP contribution in [-0.2, 0) is 19.0 Å². The molecule has 0 atom stereocenters. The first-order chi connectivity index (χ1) is 13.2. The molecule has 4 rings (SSSR count). The summed E-state index contributed by atoms with van der Waals surface area (Å²) in [5, 5.41) is 3.57. The molecular formula is C20H13Cl2F3N2O. The number of nitrogens with one attached hydrogen (secondary N) is 1. The van der Waals surface area contributed by atoms with Gasteiger partial charge >= 0.3 is 6.18 Å². The van der Waals surface area contributed by atoms with Gasteiger partial charge in [-0.2, -0.15) is 13.2 Å². The van der Waals surface area contributed by atoms with E-state index in [-0.39, 0.29) is 10.7 Å². The first-order valence-corrected chi connectivity index (χ1v) is 9.29. The Morgan fingerprint density at radius 3 is 2.61 bits per heavy atom. The molecule has 3 aromatic rings. The fraction of sp³-hybridized carbons (Fsp3) is 0.200. The van der Waals surface area contributed by atoms with E-state index in [1.807, 2.05) is 0 Å². The average molecular weight is 425 g/mol. The number of aryl methyl sites for hydroxylation is 1. The fourth-order valence-corrected chi connectivity index (χ4v) is 3.81. The number of nitrogens with zero attached hydrogens (tertiary/aromatic N) is 1. The summed E-state index contributed by atoms with van der Waals surface area (Å²) in [6, 6.07) is 7.87. The Balaban J connectivity index is 1.82. The first kappa shape index (κ1) is 19.0. The lowest BCUT2D eigenvalue weighted by atomic mass is 10.0. The second-order valence-electron chi connectivity index (χ2n) is 6.57. The molecule has 3 nitrogen and oxygen atoms in total. The molecule has 0 saturated heterocycles. The average Bonchev–Trinajstić information content (AvgIpc) is 3.08. The lowest BCUT2D eigenvalue weighted by Crippen LogP contribution is -2.17. The van der Waals surface area contributed by atoms with Gasteiger partial charge in [-0.25, -0.2) is 0 Å². The number of carbonyl (C=O) groups is 1. The van der Waals surface area contributed by atoms with E-state index in [1.165, 1.54) is 0 Å². The standard InChI is InChI=1S/C20H13Cl2F3N2O/c21-11-5-7-16-13(9-11)18(12-2-1-3-15(12)26-16)19(28)27-17-8-10(20(23,24)25)4-6-14(17)22/h4-9H,1-3H2,(H,27,28). The van der Waals surface area contributed by atoms with Crippen LogP contribution in [0.5, 0.6) is 0 Å². The SMILES string of the molecule is O=C(Nc1cc(C(F)(F)F)ccc1Cl)c1c2c(nc3ccc(Cl)cc13)CCC2. The molecule has 1 aliphatic carbocycles. The smallest absolute Gasteiger partial charge is 0.321 e. The molecule has 1 heterocycles. The zero-order chi connectivity index (χ0) is 20.1. The molecule has 0 spiro atoms. The summed E-state index contributed by atoms with van der Waals surface area (Å²) in [7, 11) is 0. The predicted molar refractivity (Wildman–Crippen MR) is 103 cm³/mol. The number of rotatable bonds is 2. The Kier molecular flexibility index (Phi) is 4.71. The van der Waals surface area contributed by atoms with E-state index < -0.39 is 17.6 Å². The summed E-state index contributed by atoms with van der Waals surface area (Å²) >= 11 is 12.1. The molecule has 0 aliphatic heterocycles. The monoisotopic (exact) mass is 424 g/mol. The van der Waals surface area contributed by atoms with E-state index in [2.05, 4.69) is 10.3 Å². The highest BCUT2D eigenvalue weighted by molar-refractivity contribution is 6.34. The number of hydrogen-bond donors (Lipinski definition) is 1. The third-order valence-electron chi connectivity index (χ3n) is 4.74. The Morgan fingerprint density at radius 1 is 1.07 bits per heavy atom. The Hall–Kier alpha value is -2.31. The quantitative estimate of drug-likeness (QED) is 0.524. The Bertz CT molecular complexity index is 1110. The maximum Gasteiger partial charge on any atom is 0.416 e. The van der Waals surface area contributed by atoms with Crippen LogP contribution in [0, 0.1) is 0 Å². The van der Waals surface area contributed by atoms with Crippen molar-refractivity contribution in [3.63, 3.8) is 0 Å². The second kappa shape index (κ2) is 6.94. The van der Waals surface area contributed by atoms with Crippen molar-refractivity contribution in [1.82, 2.24) is 4.98 Å². The molecule has 0 saturated carbocycles. The predicted octanol–water partition coefficient (Wildman–Crippen LogP) is 6.30. The number of benzene rings is 2. The van der Waals surface area contributed by atoms with Crippen LogP contribution in [-0.4, -0.2) is 10.9 Å². The van der Waals surface area contributed by atoms with Gasteiger partial charge in [0.15, 0.2) is 0 Å². The molecule has 2 aromatic carbocycles. The minimum atomic E-state index is -4.54. The second-order valence-corrected chi connectivity index (χ2v) is 7.42. The zero-order valence-electron chi connectivity index (χ0n) is 14.3. The van der Waals surface area contributed by atoms with Crippen LogP contribution in [0.1, 0.15) is 33.6 Å². The normalized spacial score (nSPS) is 13.6. The van der Waals surface area contributed by atoms with Gasteiger partial charge in [-0.15, -0.1) is 0 Å². The highest BCUT2D eigenvalue weighted by Gasteiger charge is 2.31. The molecule has 28 heavy (non-hydrogen) atoms. The largest absolute Gasteiger partial charge is 0.416 e. The Labute approximate surface area is 168 Å². The van der Waals surface area contributed by atoms with E-state index in [0.29, 0.717) is 27.9 Å². The number of halogens is 5. The summed E-state index contributed by atoms with van der Waals surface area (Å²) in [6.45, 7) is 0. The van der Waals surface area contributed by atoms with Crippen molar-refractivity contribution in [3.8, 4) is 0 Å². The van der Waals surface area contributed by atoms with Crippen molar-refractivity contribution in [3.05, 3.63) is 68.8 Å². The molecular weight excluding hydrogens is 412 g/mol. The lowest BCUT2D eigenvalue weighted by Gasteiger charge is -2.15. The summed E-state index contributed by atoms with van der Waals surface area (Å²) in [5.74, 6) is -0.533. The van der Waals surface area contributed by atoms with Crippen LogP contribution in [0.15, 0.2) is 36.4 Å². The maximum absolute atomic E-state index is 13.1. The molecule has 0 radical (unpaired) electrons. The number of fused-ring (bicyclic) bond motifs is 2. The summed E-state index contributed by atoms with van der Waals surface area (Å²) in [5.41, 5.74) is 1.64. The fourth-order valence-electron chi connectivity index (χ4n) is 3.48. The molecule has 0 bridgehead atoms. The van der Waals surface area contributed by atoms with Crippen LogP contribution >= 0.6 is 23.2 Å². The highest BCUT2D eigenvalue weighted by Crippen LogP contribution is 2.35. The van der Waals surface area contributed by atoms with Gasteiger partial charge in [-0.05, 0) is 61.2 Å². The van der Waals surface area contributed by atoms with Gasteiger partial charge in [0, 0.05) is 16.1 Å². The number of alkyl halides is 3. The van der Waals surface area contributed by atoms with E-state index in [0.717, 1.165) is 42.3 Å². The van der Waals surface area contributed by atoms with Gasteiger partial charge in [0.1, 0.15) is 0 Å². The van der Waals surface area contributed by atoms with Gasteiger partial charge < -0.3 is 5.32 Å². The molecule has 1 N–H and O–H groups in total. The number of carbonyl (C=O) groups excluding carboxylic acids is 1. The minimum absolute atomic E-state index is 0.0226. The van der Waals surface area contributed by atoms with Gasteiger partial charge in [0.2, 0.25) is 0 Å². The van der Waals surface area contributed by atoms with Gasteiger partial charge in [-0.3, -0.25) is 9.78 Å². The first-order valence-electron chi connectivity index (χ1n) is 8.53. The van der Waals surface area contributed by atoms with Crippen molar-refractivity contribution < 1.29 is 18.0 Å². The molecule has 1 aromatic heterocycles. The Morgan fingerprint density at radius 2 is 1.86 bits per heavy atom. The maximum atomic E-state index is 13.1. The molecule has 0 fully saturated rings. The van der Waals surface area contributed by atoms with Crippen LogP contribution < -0.4 is 5.32 Å². The van der Waals surface area contributed by atoms with E-state index in [9.17, 15) is 18.0 Å². The molecule has 144 valence electrons. The minimum Gasteiger partial charge on any atom is -0.321 e. The third-order valence-corrected chi connectivity index (χ3v) is 5.31. The summed E-state index contributed by atoms with van der Waals surface area (Å²) < 4.78 is 39.0. The number of anilines is 1. The van der Waals surface area contributed by atoms with Crippen molar-refractivity contribution in [2.75, 3.05) is 5.32 Å². The third kappa shape index (κ3) is 3.42. The van der Waals surface area contributed by atoms with Crippen LogP contribution in [0.25, 0.3) is 10.9 Å². The number of amides is 1. The lowest BCUT2D eigenvalue weighted by molar-refractivity contribution is -0.137. The summed E-state index contributed by atoms with van der Waals surface area (Å²) in [4.78, 5) is 17.7. The number of hydrogen-bond acceptors (Lipinski definition) is 2. The van der Waals surface area contributed by atoms with Gasteiger partial charge in [0.25, 0.3) is 5.91 Å². The van der Waals surface area contributed by atoms with Crippen LogP contribution in [0.3, 0.4) is 0 Å². The van der Waals surface area contributed by atoms with Crippen LogP contribution in [0.4, 0.5) is 18.9 Å². The topological polar surface area (TPSA) is 42.0 Å². The zero-order valence-corrected chi connectivity index (χ0v) is 15.8. The van der Waals surface area contributed by atoms with E-state index in [1.54, 1.807) is 18.2 Å². The number of aromatic nitrogens is 1. The van der Waals surface area contributed by atoms with Crippen molar-refractivity contribution in [2.45, 2.75) is 25.4 Å². The van der Waals surface area contributed by atoms with Gasteiger partial charge in [-0.1, -0.05) is 23.2 Å². The van der Waals surface area contributed by atoms with E-state index >= 15 is 0 Å². The number of pyridine rings is 1. The molecule has 0 unspecified atom stereocenters. The summed E-state index contributed by atoms with van der Waals surface area (Å²) in [6.07, 6.45) is -2.26. The van der Waals surface area contributed by atoms with Crippen molar-refractivity contribution in [1.29, 1.82) is 0 Å². The van der Waals surface area contributed by atoms with Gasteiger partial charge in [0.05, 0.1) is 27.4 Å². The molecule has 8 heteroatoms. The molecule has 1 aliphatic rings.